The van der Waals surface area contributed by atoms with Crippen LogP contribution in [0.3, 0.4) is 0 Å². The molecule has 0 spiro atoms. The van der Waals surface area contributed by atoms with Crippen molar-refractivity contribution in [3.8, 4) is 22.3 Å². The van der Waals surface area contributed by atoms with Crippen molar-refractivity contribution in [2.75, 3.05) is 0 Å². The molecule has 0 aliphatic rings. The normalized spacial score (nSPS) is 12.0. The standard InChI is InChI=1S/2C22H19F6.C3H7.CH3.2ClH.Si.Zr/c2*1-12-18(20(2,3)4)10-13-6-5-7-17(19(12)13)14-8-15(21(23,24)25)11-16(9-14)22(26,27)28;1-3-2;;;;;/h2*5-11H,1-4H3;1,3H2,2H3;1H3;2*1H;;/q4*-1;;;;. The summed E-state index contributed by atoms with van der Waals surface area (Å²) in [5.74, 6) is 0. The van der Waals surface area contributed by atoms with Crippen molar-refractivity contribution in [3.05, 3.63) is 144 Å². The second-order valence-corrected chi connectivity index (χ2v) is 16.5. The van der Waals surface area contributed by atoms with Crippen LogP contribution in [-0.2, 0) is 58.9 Å². The molecule has 0 nitrogen and oxygen atoms in total. The molecule has 16 heteroatoms. The third-order valence-electron chi connectivity index (χ3n) is 9.76. The SMILES string of the molecule is Cc1c(C(C)(C)C)[cH-]c2cccc(-c3cc(C(F)(F)F)cc(C(F)(F)F)c3)c12.Cc1c(C(C)(C)C)[cH-]c2cccc(-c3cc(C(F)(F)F)cc(C(F)(F)F)c3)c12.Cl.Cl.[CH2-]CC.[CH3-].[Si]=[Zr]. The van der Waals surface area contributed by atoms with E-state index in [1.165, 1.54) is 23.3 Å². The average Bonchev–Trinajstić information content (AvgIpc) is 3.68. The van der Waals surface area contributed by atoms with Gasteiger partial charge in [-0.05, 0) is 58.4 Å². The van der Waals surface area contributed by atoms with Gasteiger partial charge < -0.3 is 14.4 Å². The van der Waals surface area contributed by atoms with Gasteiger partial charge in [0.05, 0.1) is 22.3 Å². The molecule has 0 N–H and O–H groups in total. The molecule has 352 valence electrons. The number of rotatable bonds is 2. The third-order valence-corrected chi connectivity index (χ3v) is 9.76. The van der Waals surface area contributed by atoms with Crippen LogP contribution in [0.1, 0.15) is 99.4 Å². The Morgan fingerprint density at radius 3 is 0.938 bits per heavy atom. The molecule has 2 radical (unpaired) electrons. The Bertz CT molecular complexity index is 2220. The predicted molar refractivity (Wildman–Crippen MR) is 239 cm³/mol. The van der Waals surface area contributed by atoms with Crippen LogP contribution >= 0.6 is 24.8 Å². The number of alkyl halides is 12. The van der Waals surface area contributed by atoms with Crippen LogP contribution in [0.4, 0.5) is 52.7 Å². The second kappa shape index (κ2) is 22.6. The van der Waals surface area contributed by atoms with E-state index in [1.807, 2.05) is 86.6 Å². The van der Waals surface area contributed by atoms with Gasteiger partial charge in [0.2, 0.25) is 0 Å². The molecule has 0 amide bonds. The van der Waals surface area contributed by atoms with Crippen LogP contribution < -0.4 is 0 Å². The Morgan fingerprint density at radius 2 is 0.734 bits per heavy atom. The van der Waals surface area contributed by atoms with E-state index in [2.05, 4.69) is 13.8 Å². The zero-order chi connectivity index (χ0) is 46.8. The first-order valence-corrected chi connectivity index (χ1v) is 23.0. The van der Waals surface area contributed by atoms with Crippen LogP contribution in [0.25, 0.3) is 43.8 Å². The van der Waals surface area contributed by atoms with Crippen LogP contribution in [0.2, 0.25) is 0 Å². The summed E-state index contributed by atoms with van der Waals surface area (Å²) in [6.45, 7) is 24.3. The molecule has 6 aromatic carbocycles. The summed E-state index contributed by atoms with van der Waals surface area (Å²) in [4.78, 5) is 0. The van der Waals surface area contributed by atoms with Crippen molar-refractivity contribution in [2.24, 2.45) is 0 Å². The van der Waals surface area contributed by atoms with Gasteiger partial charge in [-0.15, -0.1) is 93.9 Å². The summed E-state index contributed by atoms with van der Waals surface area (Å²) in [6.07, 6.45) is -18.5. The zero-order valence-electron chi connectivity index (χ0n) is 36.8. The molecule has 0 aliphatic heterocycles. The van der Waals surface area contributed by atoms with E-state index in [0.717, 1.165) is 63.7 Å². The minimum atomic E-state index is -4.87. The van der Waals surface area contributed by atoms with E-state index in [-0.39, 0.29) is 66.3 Å². The van der Waals surface area contributed by atoms with Gasteiger partial charge in [-0.3, -0.25) is 0 Å². The Balaban J connectivity index is 0.00000108. The van der Waals surface area contributed by atoms with Crippen molar-refractivity contribution < 1.29 is 76.0 Å². The maximum absolute atomic E-state index is 13.2. The molecule has 0 atom stereocenters. The first kappa shape index (κ1) is 60.9. The minimum absolute atomic E-state index is 0. The molecule has 0 heterocycles. The van der Waals surface area contributed by atoms with E-state index < -0.39 is 47.0 Å². The van der Waals surface area contributed by atoms with E-state index in [0.29, 0.717) is 21.9 Å². The van der Waals surface area contributed by atoms with Crippen molar-refractivity contribution in [1.29, 1.82) is 0 Å². The molecule has 0 bridgehead atoms. The molecule has 64 heavy (non-hydrogen) atoms. The zero-order valence-corrected chi connectivity index (χ0v) is 41.9. The van der Waals surface area contributed by atoms with Crippen LogP contribution in [-0.4, -0.2) is 6.88 Å². The molecule has 0 aliphatic carbocycles. The Morgan fingerprint density at radius 1 is 0.500 bits per heavy atom. The van der Waals surface area contributed by atoms with E-state index in [1.54, 1.807) is 24.3 Å². The Labute approximate surface area is 397 Å². The monoisotopic (exact) mass is 1040 g/mol. The van der Waals surface area contributed by atoms with Crippen LogP contribution in [0.5, 0.6) is 0 Å². The average molecular weight is 1050 g/mol. The van der Waals surface area contributed by atoms with Gasteiger partial charge in [0, 0.05) is 0 Å². The Kier molecular flexibility index (Phi) is 21.5. The number of hydrogen-bond donors (Lipinski definition) is 0. The number of halogens is 14. The van der Waals surface area contributed by atoms with Gasteiger partial charge in [0.25, 0.3) is 0 Å². The molecule has 6 aromatic rings. The summed E-state index contributed by atoms with van der Waals surface area (Å²) >= 11 is 1.36. The van der Waals surface area contributed by atoms with E-state index in [4.69, 9.17) is 0 Å². The van der Waals surface area contributed by atoms with Gasteiger partial charge in [-0.1, -0.05) is 85.6 Å². The molecule has 6 rings (SSSR count). The van der Waals surface area contributed by atoms with Gasteiger partial charge in [0.1, 0.15) is 0 Å². The summed E-state index contributed by atoms with van der Waals surface area (Å²) in [7, 11) is 0. The first-order chi connectivity index (χ1) is 27.8. The molecular weight excluding hydrogens is 995 g/mol. The van der Waals surface area contributed by atoms with Crippen LogP contribution in [0.15, 0.2) is 84.9 Å². The quantitative estimate of drug-likeness (QED) is 0.0921. The Hall–Kier alpha value is -3.06. The van der Waals surface area contributed by atoms with E-state index >= 15 is 0 Å². The summed E-state index contributed by atoms with van der Waals surface area (Å²) in [5.41, 5.74) is -1.36. The fourth-order valence-corrected chi connectivity index (χ4v) is 7.27. The summed E-state index contributed by atoms with van der Waals surface area (Å²) in [5, 5.41) is 2.96. The molecule has 0 fully saturated rings. The number of aryl methyl sites for hydroxylation is 2. The molecular formula is C48H50Cl2F12SiZr-4. The fourth-order valence-electron chi connectivity index (χ4n) is 7.27. The van der Waals surface area contributed by atoms with Crippen molar-refractivity contribution in [1.82, 2.24) is 0 Å². The van der Waals surface area contributed by atoms with Crippen molar-refractivity contribution >= 4 is 53.2 Å². The van der Waals surface area contributed by atoms with E-state index in [9.17, 15) is 52.7 Å². The van der Waals surface area contributed by atoms with Crippen LogP contribution in [0, 0.1) is 28.2 Å². The topological polar surface area (TPSA) is 0 Å². The predicted octanol–water partition coefficient (Wildman–Crippen LogP) is 17.9. The molecule has 0 unspecified atom stereocenters. The van der Waals surface area contributed by atoms with Gasteiger partial charge in [0.15, 0.2) is 0 Å². The number of benzene rings is 4. The molecule has 0 saturated carbocycles. The summed E-state index contributed by atoms with van der Waals surface area (Å²) in [6, 6.07) is 17.4. The van der Waals surface area contributed by atoms with Gasteiger partial charge in [-0.2, -0.15) is 70.2 Å². The second-order valence-electron chi connectivity index (χ2n) is 16.5. The summed E-state index contributed by atoms with van der Waals surface area (Å²) < 4.78 is 159. The molecule has 0 aromatic heterocycles. The molecule has 0 saturated heterocycles. The van der Waals surface area contributed by atoms with Gasteiger partial charge in [-0.25, -0.2) is 0 Å². The number of hydrogen-bond acceptors (Lipinski definition) is 0. The van der Waals surface area contributed by atoms with Crippen molar-refractivity contribution in [3.63, 3.8) is 0 Å². The van der Waals surface area contributed by atoms with Crippen molar-refractivity contribution in [2.45, 2.75) is 104 Å². The van der Waals surface area contributed by atoms with Gasteiger partial charge >= 0.3 is 54.9 Å². The maximum atomic E-state index is 13.2. The number of fused-ring (bicyclic) bond motifs is 2. The fraction of sp³-hybridized carbons (Fsp3) is 0.333. The third kappa shape index (κ3) is 14.5. The first-order valence-electron chi connectivity index (χ1n) is 18.8.